The number of hydrogen-bond acceptors (Lipinski definition) is 3. The van der Waals surface area contributed by atoms with Crippen molar-refractivity contribution in [2.24, 2.45) is 0 Å². The molecular formula is C12H13Br2NS2. The maximum absolute atomic E-state index is 3.55. The average Bonchev–Trinajstić information content (AvgIpc) is 2.83. The van der Waals surface area contributed by atoms with Gasteiger partial charge in [0.15, 0.2) is 0 Å². The summed E-state index contributed by atoms with van der Waals surface area (Å²) in [7, 11) is 0. The van der Waals surface area contributed by atoms with Gasteiger partial charge in [-0.15, -0.1) is 22.7 Å². The van der Waals surface area contributed by atoms with E-state index in [2.05, 4.69) is 69.2 Å². The first-order chi connectivity index (χ1) is 8.06. The topological polar surface area (TPSA) is 12.0 Å². The first-order valence-corrected chi connectivity index (χ1v) is 8.51. The van der Waals surface area contributed by atoms with Crippen LogP contribution in [0.4, 0.5) is 0 Å². The predicted molar refractivity (Wildman–Crippen MR) is 84.0 cm³/mol. The molecule has 5 heteroatoms. The van der Waals surface area contributed by atoms with Crippen LogP contribution in [0.1, 0.15) is 27.6 Å². The Hall–Kier alpha value is 0.320. The van der Waals surface area contributed by atoms with E-state index in [1.807, 2.05) is 11.3 Å². The zero-order valence-electron chi connectivity index (χ0n) is 9.59. The highest BCUT2D eigenvalue weighted by Crippen LogP contribution is 2.32. The number of halogens is 2. The molecule has 0 aliphatic rings. The quantitative estimate of drug-likeness (QED) is 0.722. The molecule has 0 aliphatic carbocycles. The van der Waals surface area contributed by atoms with Gasteiger partial charge in [0.05, 0.1) is 3.79 Å². The molecule has 2 aromatic heterocycles. The van der Waals surface area contributed by atoms with E-state index in [9.17, 15) is 0 Å². The van der Waals surface area contributed by atoms with E-state index in [1.165, 1.54) is 14.6 Å². The van der Waals surface area contributed by atoms with Crippen LogP contribution in [-0.4, -0.2) is 0 Å². The Morgan fingerprint density at radius 1 is 1.29 bits per heavy atom. The van der Waals surface area contributed by atoms with Crippen LogP contribution >= 0.6 is 54.5 Å². The van der Waals surface area contributed by atoms with Gasteiger partial charge in [0.2, 0.25) is 0 Å². The van der Waals surface area contributed by atoms with E-state index in [0.29, 0.717) is 6.04 Å². The zero-order valence-corrected chi connectivity index (χ0v) is 14.4. The van der Waals surface area contributed by atoms with Crippen molar-refractivity contribution in [2.75, 3.05) is 0 Å². The SMILES string of the molecule is Cc1ccc(C(C)NCc2cc(Br)c(Br)s2)s1. The summed E-state index contributed by atoms with van der Waals surface area (Å²) in [5, 5.41) is 3.55. The van der Waals surface area contributed by atoms with Gasteiger partial charge in [-0.25, -0.2) is 0 Å². The summed E-state index contributed by atoms with van der Waals surface area (Å²) in [6, 6.07) is 6.95. The molecule has 1 N–H and O–H groups in total. The third-order valence-electron chi connectivity index (χ3n) is 2.47. The van der Waals surface area contributed by atoms with Crippen molar-refractivity contribution in [3.05, 3.63) is 41.1 Å². The fourth-order valence-electron chi connectivity index (χ4n) is 1.52. The van der Waals surface area contributed by atoms with Gasteiger partial charge in [-0.3, -0.25) is 0 Å². The van der Waals surface area contributed by atoms with E-state index in [4.69, 9.17) is 0 Å². The van der Waals surface area contributed by atoms with Crippen LogP contribution in [0.2, 0.25) is 0 Å². The van der Waals surface area contributed by atoms with Gasteiger partial charge in [-0.05, 0) is 63.9 Å². The van der Waals surface area contributed by atoms with Crippen LogP contribution in [0.25, 0.3) is 0 Å². The van der Waals surface area contributed by atoms with Crippen LogP contribution < -0.4 is 5.32 Å². The van der Waals surface area contributed by atoms with Gasteiger partial charge in [0, 0.05) is 31.7 Å². The lowest BCUT2D eigenvalue weighted by atomic mass is 10.2. The molecular weight excluding hydrogens is 382 g/mol. The zero-order chi connectivity index (χ0) is 12.4. The van der Waals surface area contributed by atoms with E-state index < -0.39 is 0 Å². The molecule has 17 heavy (non-hydrogen) atoms. The molecule has 0 bridgehead atoms. The molecule has 2 rings (SSSR count). The van der Waals surface area contributed by atoms with Crippen molar-refractivity contribution in [3.63, 3.8) is 0 Å². The molecule has 92 valence electrons. The van der Waals surface area contributed by atoms with Crippen LogP contribution in [-0.2, 0) is 6.54 Å². The molecule has 0 spiro atoms. The summed E-state index contributed by atoms with van der Waals surface area (Å²) in [6.45, 7) is 5.27. The van der Waals surface area contributed by atoms with Gasteiger partial charge in [-0.2, -0.15) is 0 Å². The lowest BCUT2D eigenvalue weighted by Gasteiger charge is -2.10. The summed E-state index contributed by atoms with van der Waals surface area (Å²) in [5.74, 6) is 0. The minimum atomic E-state index is 0.411. The molecule has 0 radical (unpaired) electrons. The Balaban J connectivity index is 1.94. The first kappa shape index (κ1) is 13.7. The lowest BCUT2D eigenvalue weighted by molar-refractivity contribution is 0.587. The van der Waals surface area contributed by atoms with Crippen molar-refractivity contribution >= 4 is 54.5 Å². The Labute approximate surface area is 127 Å². The van der Waals surface area contributed by atoms with Crippen LogP contribution in [0.5, 0.6) is 0 Å². The maximum atomic E-state index is 3.55. The van der Waals surface area contributed by atoms with Crippen LogP contribution in [0, 0.1) is 6.92 Å². The van der Waals surface area contributed by atoms with Gasteiger partial charge >= 0.3 is 0 Å². The third kappa shape index (κ3) is 3.64. The molecule has 0 aromatic carbocycles. The van der Waals surface area contributed by atoms with Crippen molar-refractivity contribution in [1.82, 2.24) is 5.32 Å². The Morgan fingerprint density at radius 2 is 2.06 bits per heavy atom. The van der Waals surface area contributed by atoms with Gasteiger partial charge in [-0.1, -0.05) is 0 Å². The molecule has 0 amide bonds. The van der Waals surface area contributed by atoms with Crippen LogP contribution in [0.3, 0.4) is 0 Å². The largest absolute Gasteiger partial charge is 0.305 e. The number of aryl methyl sites for hydroxylation is 1. The highest BCUT2D eigenvalue weighted by atomic mass is 79.9. The van der Waals surface area contributed by atoms with Gasteiger partial charge in [0.1, 0.15) is 0 Å². The second kappa shape index (κ2) is 5.97. The van der Waals surface area contributed by atoms with E-state index in [1.54, 1.807) is 11.3 Å². The Kier molecular flexibility index (Phi) is 4.83. The molecule has 1 atom stereocenters. The highest BCUT2D eigenvalue weighted by Gasteiger charge is 2.09. The van der Waals surface area contributed by atoms with Gasteiger partial charge < -0.3 is 5.32 Å². The fraction of sp³-hybridized carbons (Fsp3) is 0.333. The minimum absolute atomic E-state index is 0.411. The summed E-state index contributed by atoms with van der Waals surface area (Å²) in [4.78, 5) is 4.11. The second-order valence-corrected chi connectivity index (χ2v) is 8.51. The molecule has 0 fully saturated rings. The standard InChI is InChI=1S/C12H13Br2NS2/c1-7-3-4-11(16-7)8(2)15-6-9-5-10(13)12(14)17-9/h3-5,8,15H,6H2,1-2H3. The Bertz CT molecular complexity index is 485. The molecule has 1 unspecified atom stereocenters. The van der Waals surface area contributed by atoms with Crippen molar-refractivity contribution < 1.29 is 0 Å². The molecule has 1 nitrogen and oxygen atoms in total. The summed E-state index contributed by atoms with van der Waals surface area (Å²) in [5.41, 5.74) is 0. The van der Waals surface area contributed by atoms with Crippen LogP contribution in [0.15, 0.2) is 26.5 Å². The number of nitrogens with one attached hydrogen (secondary N) is 1. The predicted octanol–water partition coefficient (Wildman–Crippen LogP) is 5.49. The lowest BCUT2D eigenvalue weighted by Crippen LogP contribution is -2.16. The Morgan fingerprint density at radius 3 is 2.59 bits per heavy atom. The second-order valence-electron chi connectivity index (χ2n) is 3.89. The van der Waals surface area contributed by atoms with E-state index in [0.717, 1.165) is 14.8 Å². The summed E-state index contributed by atoms with van der Waals surface area (Å²) < 4.78 is 2.30. The van der Waals surface area contributed by atoms with Crippen molar-refractivity contribution in [3.8, 4) is 0 Å². The number of hydrogen-bond donors (Lipinski definition) is 1. The number of rotatable bonds is 4. The van der Waals surface area contributed by atoms with E-state index >= 15 is 0 Å². The van der Waals surface area contributed by atoms with Crippen molar-refractivity contribution in [2.45, 2.75) is 26.4 Å². The molecule has 0 aliphatic heterocycles. The smallest absolute Gasteiger partial charge is 0.0843 e. The molecule has 0 saturated carbocycles. The van der Waals surface area contributed by atoms with Crippen molar-refractivity contribution in [1.29, 1.82) is 0 Å². The van der Waals surface area contributed by atoms with Gasteiger partial charge in [0.25, 0.3) is 0 Å². The number of thiophene rings is 2. The van der Waals surface area contributed by atoms with E-state index in [-0.39, 0.29) is 0 Å². The first-order valence-electron chi connectivity index (χ1n) is 5.29. The fourth-order valence-corrected chi connectivity index (χ4v) is 4.55. The maximum Gasteiger partial charge on any atom is 0.0843 e. The summed E-state index contributed by atoms with van der Waals surface area (Å²) >= 11 is 10.7. The summed E-state index contributed by atoms with van der Waals surface area (Å²) in [6.07, 6.45) is 0. The third-order valence-corrected chi connectivity index (χ3v) is 6.91. The monoisotopic (exact) mass is 393 g/mol. The minimum Gasteiger partial charge on any atom is -0.305 e. The average molecular weight is 395 g/mol. The molecule has 2 heterocycles. The molecule has 0 saturated heterocycles. The highest BCUT2D eigenvalue weighted by molar-refractivity contribution is 9.13. The molecule has 2 aromatic rings. The normalized spacial score (nSPS) is 12.9.